The number of anilines is 2. The number of H-pyrrole nitrogens is 1. The maximum absolute atomic E-state index is 12.7. The van der Waals surface area contributed by atoms with Crippen molar-refractivity contribution >= 4 is 223 Å². The quantitative estimate of drug-likeness (QED) is 0.0162. The Balaban J connectivity index is 0.000000176. The molecule has 0 aliphatic carbocycles. The summed E-state index contributed by atoms with van der Waals surface area (Å²) in [5.41, 5.74) is 14.9. The number of phenols is 1. The van der Waals surface area contributed by atoms with E-state index in [1.165, 1.54) is 36.4 Å². The van der Waals surface area contributed by atoms with Crippen LogP contribution in [0.2, 0.25) is 50.2 Å². The lowest BCUT2D eigenvalue weighted by Crippen LogP contribution is -2.36. The standard InChI is InChI=1S/C22H17Cl2N5O4.C20H11Cl2N5O3.C16H10Cl2N2O3.C16H12Cl2N2O.C10H9NO.C6H2Cl2FNO2.C6H8N2O3/c1-3-32-22(31)27-21(30)19(11-25)29-28-14-9-16(23)20(17(24)10-14)33-15-6-7-18-13(8-15)5-4-12(2)26-18;1-10-2-3-11-6-13(4-5-16(11)24-10)30-18-14(21)7-12(8-15(18)22)27-20(29)25-19(28)17(9-23)26-27;1-9-2-3-10-6-12(4-5-15(10)19-9)23-16-13(17)7-11(20(21)22)8-14(16)18;1-9-2-3-10-6-12(4-5-15(10)20-9)21-16-13(17)7-11(19)8-14(16)18;1-7-2-3-8-6-9(12)4-5-10(8)11-7;7-4-1-3(10(11)12)2-5(8)6(4)9;1-2-11-6(10)8-5(9)3-4-7/h4-10,28H,3H2,1-2H3,(H,27,30,31);2-8H,1H3,(H,25,28,29);2-8H,1H3;2-8H,19H2,1H3;2-6,12H,1H3;1-2H;2-3H2,1H3,(H,8,9,10)/b29-19+;;;;;;. The number of nitro benzene ring substituents is 2. The first-order valence-electron chi connectivity index (χ1n) is 40.7. The van der Waals surface area contributed by atoms with Crippen molar-refractivity contribution in [3.8, 4) is 75.6 Å². The minimum absolute atomic E-state index is 0.0670. The minimum Gasteiger partial charge on any atom is -0.508 e. The van der Waals surface area contributed by atoms with Crippen molar-refractivity contribution in [2.24, 2.45) is 5.10 Å². The van der Waals surface area contributed by atoms with Crippen molar-refractivity contribution in [2.75, 3.05) is 24.4 Å². The van der Waals surface area contributed by atoms with Gasteiger partial charge in [0.2, 0.25) is 17.3 Å². The van der Waals surface area contributed by atoms with Gasteiger partial charge in [-0.2, -0.15) is 25.6 Å². The number of phenolic OH excluding ortho intramolecular Hbond substituents is 1. The molecule has 0 atom stereocenters. The minimum atomic E-state index is -1.03. The van der Waals surface area contributed by atoms with Crippen LogP contribution in [0.3, 0.4) is 0 Å². The second-order valence-corrected chi connectivity index (χ2v) is 32.9. The summed E-state index contributed by atoms with van der Waals surface area (Å²) in [5, 5.41) is 72.8. The summed E-state index contributed by atoms with van der Waals surface area (Å²) < 4.78 is 45.7. The molecule has 142 heavy (non-hydrogen) atoms. The molecule has 4 amide bonds. The summed E-state index contributed by atoms with van der Waals surface area (Å²) in [5.74, 6) is 0.902. The van der Waals surface area contributed by atoms with Gasteiger partial charge in [0.05, 0.1) is 118 Å². The largest absolute Gasteiger partial charge is 0.508 e. The van der Waals surface area contributed by atoms with Crippen molar-refractivity contribution in [3.05, 3.63) is 344 Å². The molecule has 722 valence electrons. The highest BCUT2D eigenvalue weighted by atomic mass is 35.5. The monoisotopic (exact) mass is 2110 g/mol. The van der Waals surface area contributed by atoms with Crippen LogP contribution >= 0.6 is 116 Å². The number of nitrogens with two attached hydrogens (primary N) is 1. The Kier molecular flexibility index (Phi) is 38.5. The van der Waals surface area contributed by atoms with E-state index >= 15 is 0 Å². The number of nitrogens with zero attached hydrogens (tertiary/aromatic N) is 13. The van der Waals surface area contributed by atoms with E-state index in [0.717, 1.165) is 99.8 Å². The number of aromatic nitrogens is 8. The van der Waals surface area contributed by atoms with Crippen LogP contribution in [0.25, 0.3) is 60.2 Å². The predicted octanol–water partition coefficient (Wildman–Crippen LogP) is 25.2. The number of rotatable bonds is 17. The fourth-order valence-corrected chi connectivity index (χ4v) is 14.7. The number of hydrogen-bond acceptors (Lipinski definition) is 29. The first kappa shape index (κ1) is 108. The fourth-order valence-electron chi connectivity index (χ4n) is 11.9. The smallest absolute Gasteiger partial charge is 0.414 e. The molecule has 7 N–H and O–H groups in total. The number of amides is 4. The van der Waals surface area contributed by atoms with Crippen LogP contribution in [0.15, 0.2) is 227 Å². The number of hydrazone groups is 1. The Morgan fingerprint density at radius 3 is 1.15 bits per heavy atom. The molecule has 0 fully saturated rings. The predicted molar refractivity (Wildman–Crippen MR) is 540 cm³/mol. The van der Waals surface area contributed by atoms with Crippen LogP contribution < -0.4 is 52.0 Å². The van der Waals surface area contributed by atoms with Crippen molar-refractivity contribution in [3.63, 3.8) is 0 Å². The summed E-state index contributed by atoms with van der Waals surface area (Å²) >= 11 is 60.2. The molecule has 6 heterocycles. The number of fused-ring (bicyclic) bond motifs is 5. The van der Waals surface area contributed by atoms with Crippen LogP contribution in [-0.4, -0.2) is 97.6 Å². The van der Waals surface area contributed by atoms with E-state index in [-0.39, 0.29) is 106 Å². The molecule has 10 aromatic carbocycles. The molecule has 0 radical (unpaired) electrons. The fraction of sp³-hybridized carbons (Fsp3) is 0.104. The molecule has 16 rings (SSSR count). The van der Waals surface area contributed by atoms with E-state index in [1.54, 1.807) is 86.7 Å². The number of hydrogen-bond donors (Lipinski definition) is 6. The van der Waals surface area contributed by atoms with Gasteiger partial charge in [-0.1, -0.05) is 146 Å². The van der Waals surface area contributed by atoms with Crippen LogP contribution in [0.1, 0.15) is 54.4 Å². The summed E-state index contributed by atoms with van der Waals surface area (Å²) in [6.45, 7) is 13.1. The molecular weight excluding hydrogens is 2050 g/mol. The third-order valence-corrected chi connectivity index (χ3v) is 21.1. The van der Waals surface area contributed by atoms with Gasteiger partial charge in [0.25, 0.3) is 22.8 Å². The van der Waals surface area contributed by atoms with Crippen molar-refractivity contribution in [2.45, 2.75) is 54.9 Å². The van der Waals surface area contributed by atoms with Crippen molar-refractivity contribution in [1.82, 2.24) is 50.3 Å². The van der Waals surface area contributed by atoms with Gasteiger partial charge in [0.1, 0.15) is 47.3 Å². The lowest BCUT2D eigenvalue weighted by Gasteiger charge is -2.12. The number of nitro groups is 2. The summed E-state index contributed by atoms with van der Waals surface area (Å²) in [7, 11) is 0. The maximum atomic E-state index is 12.7. The zero-order valence-corrected chi connectivity index (χ0v) is 81.9. The Morgan fingerprint density at radius 2 is 0.803 bits per heavy atom. The average Bonchev–Trinajstić information content (AvgIpc) is 0.789. The van der Waals surface area contributed by atoms with E-state index in [9.17, 15) is 58.5 Å². The molecule has 0 bridgehead atoms. The van der Waals surface area contributed by atoms with E-state index in [0.29, 0.717) is 44.5 Å². The lowest BCUT2D eigenvalue weighted by atomic mass is 10.2. The molecule has 35 nitrogen and oxygen atoms in total. The zero-order chi connectivity index (χ0) is 103. The highest BCUT2D eigenvalue weighted by Crippen LogP contribution is 2.44. The van der Waals surface area contributed by atoms with E-state index < -0.39 is 62.3 Å². The molecule has 16 aromatic rings. The molecule has 46 heteroatoms. The number of aromatic hydroxyl groups is 1. The molecule has 0 spiro atoms. The first-order valence-corrected chi connectivity index (χ1v) is 44.5. The molecule has 0 aliphatic rings. The molecule has 6 aromatic heterocycles. The number of carbonyl (C=O) groups is 4. The highest BCUT2D eigenvalue weighted by molar-refractivity contribution is 6.47. The molecule has 0 saturated heterocycles. The number of carbonyl (C=O) groups excluding carboxylic acids is 4. The highest BCUT2D eigenvalue weighted by Gasteiger charge is 2.23. The Labute approximate surface area is 853 Å². The third kappa shape index (κ3) is 30.6. The molecule has 0 unspecified atom stereocenters. The van der Waals surface area contributed by atoms with Gasteiger partial charge >= 0.3 is 17.9 Å². The van der Waals surface area contributed by atoms with E-state index in [4.69, 9.17) is 156 Å². The number of ether oxygens (including phenoxy) is 6. The molecule has 0 aliphatic heterocycles. The second-order valence-electron chi connectivity index (χ2n) is 28.9. The van der Waals surface area contributed by atoms with Crippen LogP contribution in [0, 0.1) is 94.7 Å². The Bertz CT molecular complexity index is 7750. The lowest BCUT2D eigenvalue weighted by molar-refractivity contribution is -0.385. The van der Waals surface area contributed by atoms with Gasteiger partial charge in [0, 0.05) is 85.4 Å². The van der Waals surface area contributed by atoms with Gasteiger partial charge in [-0.15, -0.1) is 5.10 Å². The first-order chi connectivity index (χ1) is 67.6. The summed E-state index contributed by atoms with van der Waals surface area (Å²) in [6.07, 6.45) is -2.14. The van der Waals surface area contributed by atoms with E-state index in [2.05, 4.69) is 50.0 Å². The van der Waals surface area contributed by atoms with E-state index in [1.807, 2.05) is 159 Å². The SMILES string of the molecule is CCOC(=O)NC(=O)/C(C#N)=N/Nc1cc(Cl)c(Oc2ccc3nc(C)ccc3c2)c(Cl)c1.CCOC(=O)NC(=O)CC#N.Cc1ccc2cc(O)ccc2n1.Cc1ccc2cc(Oc3c(Cl)cc(-n4nc(C#N)c(=O)[nH]c4=O)cc3Cl)ccc2n1.Cc1ccc2cc(Oc3c(Cl)cc(N)cc3Cl)ccc2n1.Cc1ccc2cc(Oc3c(Cl)cc([N+](=O)[O-])cc3Cl)ccc2n1.O=[N+]([O-])c1cc(Cl)c(F)c(Cl)c1. The topological polar surface area (TPSA) is 508 Å². The van der Waals surface area contributed by atoms with Gasteiger partial charge in [-0.05, 0) is 206 Å². The number of nitriles is 3. The maximum Gasteiger partial charge on any atom is 0.414 e. The normalized spacial score (nSPS) is 10.5. The van der Waals surface area contributed by atoms with Gasteiger partial charge in [0.15, 0.2) is 28.8 Å². The number of alkyl carbamates (subject to hydrolysis) is 2. The van der Waals surface area contributed by atoms with Gasteiger partial charge in [-0.3, -0.25) is 80.6 Å². The Hall–Kier alpha value is -15.9. The Morgan fingerprint density at radius 1 is 0.472 bits per heavy atom. The number of halogens is 11. The third-order valence-electron chi connectivity index (χ3n) is 18.3. The van der Waals surface area contributed by atoms with Crippen LogP contribution in [0.5, 0.6) is 51.7 Å². The van der Waals surface area contributed by atoms with Gasteiger partial charge < -0.3 is 39.3 Å². The number of aryl methyl sites for hydroxylation is 5. The van der Waals surface area contributed by atoms with Crippen molar-refractivity contribution in [1.29, 1.82) is 15.8 Å². The number of pyridine rings is 5. The number of nitrogen functional groups attached to an aromatic ring is 1. The molecule has 0 saturated carbocycles. The number of nitrogens with one attached hydrogen (secondary N) is 4. The molecular formula is C96H69Cl10FN18O17. The summed E-state index contributed by atoms with van der Waals surface area (Å²) in [6, 6.07) is 64.2. The average molecular weight is 2120 g/mol. The number of aromatic amines is 1. The summed E-state index contributed by atoms with van der Waals surface area (Å²) in [4.78, 5) is 112. The van der Waals surface area contributed by atoms with Crippen LogP contribution in [0.4, 0.5) is 36.7 Å². The van der Waals surface area contributed by atoms with Crippen LogP contribution in [-0.2, 0) is 19.1 Å². The van der Waals surface area contributed by atoms with Gasteiger partial charge in [-0.25, -0.2) is 18.8 Å². The second kappa shape index (κ2) is 50.6. The number of non-ortho nitro benzene ring substituents is 2. The number of benzene rings is 10. The number of imide groups is 2. The van der Waals surface area contributed by atoms with Crippen molar-refractivity contribution < 1.29 is 66.9 Å². The zero-order valence-electron chi connectivity index (χ0n) is 74.4.